The molecule has 0 unspecified atom stereocenters. The summed E-state index contributed by atoms with van der Waals surface area (Å²) in [6, 6.07) is 10.0. The van der Waals surface area contributed by atoms with E-state index in [0.29, 0.717) is 6.04 Å². The van der Waals surface area contributed by atoms with Crippen LogP contribution in [0.5, 0.6) is 0 Å². The fraction of sp³-hybridized carbons (Fsp3) is 0.500. The van der Waals surface area contributed by atoms with Gasteiger partial charge in [-0.25, -0.2) is 0 Å². The standard InChI is InChI=1S/C14H20N2O/c1-11(15-12-7-3-2-4-8-12)14(17)16-13-9-5-6-10-13/h2-4,7-8,11,13,15H,5-6,9-10H2,1H3,(H,16,17)/t11-/m1/s1. The lowest BCUT2D eigenvalue weighted by atomic mass is 10.2. The van der Waals surface area contributed by atoms with Crippen LogP contribution in [-0.4, -0.2) is 18.0 Å². The van der Waals surface area contributed by atoms with Gasteiger partial charge in [-0.1, -0.05) is 31.0 Å². The molecule has 3 heteroatoms. The maximum absolute atomic E-state index is 11.9. The van der Waals surface area contributed by atoms with E-state index in [-0.39, 0.29) is 11.9 Å². The van der Waals surface area contributed by atoms with Crippen LogP contribution in [0.3, 0.4) is 0 Å². The van der Waals surface area contributed by atoms with Crippen LogP contribution in [0.25, 0.3) is 0 Å². The molecule has 0 radical (unpaired) electrons. The lowest BCUT2D eigenvalue weighted by molar-refractivity contribution is -0.122. The monoisotopic (exact) mass is 232 g/mol. The van der Waals surface area contributed by atoms with Crippen LogP contribution >= 0.6 is 0 Å². The molecular weight excluding hydrogens is 212 g/mol. The topological polar surface area (TPSA) is 41.1 Å². The number of amides is 1. The average molecular weight is 232 g/mol. The summed E-state index contributed by atoms with van der Waals surface area (Å²) in [5.74, 6) is 0.0979. The fourth-order valence-corrected chi connectivity index (χ4v) is 2.25. The van der Waals surface area contributed by atoms with E-state index >= 15 is 0 Å². The molecule has 2 N–H and O–H groups in total. The fourth-order valence-electron chi connectivity index (χ4n) is 2.25. The molecule has 0 bridgehead atoms. The van der Waals surface area contributed by atoms with Crippen molar-refractivity contribution in [3.8, 4) is 0 Å². The minimum atomic E-state index is -0.182. The summed E-state index contributed by atoms with van der Waals surface area (Å²) in [6.07, 6.45) is 4.74. The third kappa shape index (κ3) is 3.48. The van der Waals surface area contributed by atoms with Crippen molar-refractivity contribution in [3.63, 3.8) is 0 Å². The van der Waals surface area contributed by atoms with Crippen molar-refractivity contribution >= 4 is 11.6 Å². The molecule has 1 saturated carbocycles. The summed E-state index contributed by atoms with van der Waals surface area (Å²) in [4.78, 5) is 11.9. The number of rotatable bonds is 4. The molecule has 0 aliphatic heterocycles. The van der Waals surface area contributed by atoms with Gasteiger partial charge in [-0.05, 0) is 31.9 Å². The Labute approximate surface area is 103 Å². The van der Waals surface area contributed by atoms with E-state index in [2.05, 4.69) is 10.6 Å². The molecule has 3 nitrogen and oxygen atoms in total. The van der Waals surface area contributed by atoms with Crippen LogP contribution in [-0.2, 0) is 4.79 Å². The van der Waals surface area contributed by atoms with Crippen molar-refractivity contribution in [2.45, 2.75) is 44.7 Å². The van der Waals surface area contributed by atoms with Crippen molar-refractivity contribution in [3.05, 3.63) is 30.3 Å². The summed E-state index contributed by atoms with van der Waals surface area (Å²) in [5.41, 5.74) is 0.988. The van der Waals surface area contributed by atoms with Gasteiger partial charge in [0, 0.05) is 11.7 Å². The van der Waals surface area contributed by atoms with Gasteiger partial charge in [0.25, 0.3) is 0 Å². The Morgan fingerprint density at radius 1 is 1.24 bits per heavy atom. The largest absolute Gasteiger partial charge is 0.374 e. The first-order valence-corrected chi connectivity index (χ1v) is 6.37. The number of carbonyl (C=O) groups is 1. The zero-order chi connectivity index (χ0) is 12.1. The second-order valence-electron chi connectivity index (χ2n) is 4.72. The lowest BCUT2D eigenvalue weighted by Gasteiger charge is -2.18. The molecule has 1 aromatic rings. The maximum Gasteiger partial charge on any atom is 0.242 e. The Balaban J connectivity index is 1.82. The Morgan fingerprint density at radius 2 is 1.88 bits per heavy atom. The van der Waals surface area contributed by atoms with E-state index in [9.17, 15) is 4.79 Å². The van der Waals surface area contributed by atoms with Gasteiger partial charge >= 0.3 is 0 Å². The average Bonchev–Trinajstić information content (AvgIpc) is 2.83. The van der Waals surface area contributed by atoms with Crippen molar-refractivity contribution < 1.29 is 4.79 Å². The van der Waals surface area contributed by atoms with Crippen LogP contribution in [0.4, 0.5) is 5.69 Å². The molecule has 1 atom stereocenters. The van der Waals surface area contributed by atoms with E-state index in [4.69, 9.17) is 0 Å². The second-order valence-corrected chi connectivity index (χ2v) is 4.72. The molecule has 92 valence electrons. The zero-order valence-corrected chi connectivity index (χ0v) is 10.3. The van der Waals surface area contributed by atoms with E-state index in [1.54, 1.807) is 0 Å². The van der Waals surface area contributed by atoms with Crippen molar-refractivity contribution in [2.24, 2.45) is 0 Å². The number of para-hydroxylation sites is 1. The minimum absolute atomic E-state index is 0.0979. The van der Waals surface area contributed by atoms with Crippen molar-refractivity contribution in [1.29, 1.82) is 0 Å². The lowest BCUT2D eigenvalue weighted by Crippen LogP contribution is -2.42. The predicted octanol–water partition coefficient (Wildman–Crippen LogP) is 2.55. The first-order valence-electron chi connectivity index (χ1n) is 6.37. The maximum atomic E-state index is 11.9. The van der Waals surface area contributed by atoms with Crippen molar-refractivity contribution in [2.75, 3.05) is 5.32 Å². The van der Waals surface area contributed by atoms with Gasteiger partial charge in [-0.3, -0.25) is 4.79 Å². The molecule has 0 spiro atoms. The highest BCUT2D eigenvalue weighted by Crippen LogP contribution is 2.17. The van der Waals surface area contributed by atoms with Gasteiger partial charge in [0.15, 0.2) is 0 Å². The molecule has 1 fully saturated rings. The summed E-state index contributed by atoms with van der Waals surface area (Å²) < 4.78 is 0. The Morgan fingerprint density at radius 3 is 2.53 bits per heavy atom. The van der Waals surface area contributed by atoms with Crippen LogP contribution < -0.4 is 10.6 Å². The Bertz CT molecular complexity index is 358. The Hall–Kier alpha value is -1.51. The summed E-state index contributed by atoms with van der Waals surface area (Å²) >= 11 is 0. The van der Waals surface area contributed by atoms with Crippen LogP contribution in [0.15, 0.2) is 30.3 Å². The third-order valence-electron chi connectivity index (χ3n) is 3.25. The van der Waals surface area contributed by atoms with Crippen LogP contribution in [0.2, 0.25) is 0 Å². The van der Waals surface area contributed by atoms with E-state index in [1.165, 1.54) is 12.8 Å². The van der Waals surface area contributed by atoms with Gasteiger partial charge in [-0.2, -0.15) is 0 Å². The van der Waals surface area contributed by atoms with Gasteiger partial charge in [0.05, 0.1) is 0 Å². The molecule has 17 heavy (non-hydrogen) atoms. The Kier molecular flexibility index (Phi) is 4.02. The van der Waals surface area contributed by atoms with Crippen molar-refractivity contribution in [1.82, 2.24) is 5.32 Å². The first-order chi connectivity index (χ1) is 8.25. The summed E-state index contributed by atoms with van der Waals surface area (Å²) in [5, 5.41) is 6.30. The van der Waals surface area contributed by atoms with Gasteiger partial charge in [0.1, 0.15) is 6.04 Å². The summed E-state index contributed by atoms with van der Waals surface area (Å²) in [7, 11) is 0. The van der Waals surface area contributed by atoms with E-state index in [1.807, 2.05) is 37.3 Å². The highest BCUT2D eigenvalue weighted by atomic mass is 16.2. The third-order valence-corrected chi connectivity index (χ3v) is 3.25. The highest BCUT2D eigenvalue weighted by molar-refractivity contribution is 5.84. The minimum Gasteiger partial charge on any atom is -0.374 e. The van der Waals surface area contributed by atoms with Crippen LogP contribution in [0, 0.1) is 0 Å². The number of carbonyl (C=O) groups excluding carboxylic acids is 1. The molecule has 0 heterocycles. The second kappa shape index (κ2) is 5.71. The number of hydrogen-bond donors (Lipinski definition) is 2. The van der Waals surface area contributed by atoms with Gasteiger partial charge < -0.3 is 10.6 Å². The number of anilines is 1. The summed E-state index contributed by atoms with van der Waals surface area (Å²) in [6.45, 7) is 1.90. The van der Waals surface area contributed by atoms with E-state index in [0.717, 1.165) is 18.5 Å². The quantitative estimate of drug-likeness (QED) is 0.837. The predicted molar refractivity (Wildman–Crippen MR) is 69.9 cm³/mol. The molecule has 1 aliphatic rings. The van der Waals surface area contributed by atoms with E-state index < -0.39 is 0 Å². The zero-order valence-electron chi connectivity index (χ0n) is 10.3. The molecule has 1 aliphatic carbocycles. The number of nitrogens with one attached hydrogen (secondary N) is 2. The molecule has 0 saturated heterocycles. The van der Waals surface area contributed by atoms with Crippen LogP contribution in [0.1, 0.15) is 32.6 Å². The first kappa shape index (κ1) is 12.0. The SMILES string of the molecule is C[C@@H](Nc1ccccc1)C(=O)NC1CCCC1. The molecular formula is C14H20N2O. The highest BCUT2D eigenvalue weighted by Gasteiger charge is 2.20. The molecule has 0 aromatic heterocycles. The molecule has 2 rings (SSSR count). The van der Waals surface area contributed by atoms with Gasteiger partial charge in [0.2, 0.25) is 5.91 Å². The van der Waals surface area contributed by atoms with Gasteiger partial charge in [-0.15, -0.1) is 0 Å². The number of benzene rings is 1. The normalized spacial score (nSPS) is 17.7. The molecule has 1 aromatic carbocycles. The smallest absolute Gasteiger partial charge is 0.242 e. The number of hydrogen-bond acceptors (Lipinski definition) is 2. The molecule has 1 amide bonds.